The minimum absolute atomic E-state index is 0.131. The molecule has 162 valence electrons. The van der Waals surface area contributed by atoms with Gasteiger partial charge in [0.1, 0.15) is 29.7 Å². The molecule has 2 aromatic rings. The SMILES string of the molecule is CC1(C)COC[C@@H](COc2ccc(-c3cc(C(N)=O)c(=O)[nH]c3C(F)(F)F)cc2)O1. The maximum atomic E-state index is 13.4. The summed E-state index contributed by atoms with van der Waals surface area (Å²) in [5, 5.41) is 0. The number of carbonyl (C=O) groups excluding carboxylic acids is 1. The summed E-state index contributed by atoms with van der Waals surface area (Å²) in [7, 11) is 0. The molecule has 0 saturated carbocycles. The van der Waals surface area contributed by atoms with Crippen molar-refractivity contribution in [3.8, 4) is 16.9 Å². The summed E-state index contributed by atoms with van der Waals surface area (Å²) in [5.74, 6) is -0.706. The number of carbonyl (C=O) groups is 1. The molecule has 0 radical (unpaired) electrons. The molecule has 0 bridgehead atoms. The van der Waals surface area contributed by atoms with Crippen molar-refractivity contribution in [1.82, 2.24) is 4.98 Å². The number of hydrogen-bond donors (Lipinski definition) is 2. The number of alkyl halides is 3. The van der Waals surface area contributed by atoms with Crippen molar-refractivity contribution in [3.63, 3.8) is 0 Å². The summed E-state index contributed by atoms with van der Waals surface area (Å²) >= 11 is 0. The highest BCUT2D eigenvalue weighted by Crippen LogP contribution is 2.35. The summed E-state index contributed by atoms with van der Waals surface area (Å²) in [6.07, 6.45) is -5.10. The van der Waals surface area contributed by atoms with E-state index in [9.17, 15) is 22.8 Å². The van der Waals surface area contributed by atoms with Crippen molar-refractivity contribution in [2.24, 2.45) is 5.73 Å². The van der Waals surface area contributed by atoms with Gasteiger partial charge < -0.3 is 24.9 Å². The Morgan fingerprint density at radius 1 is 1.30 bits per heavy atom. The standard InChI is InChI=1S/C20H21F3N2O5/c1-19(2)10-28-8-13(30-19)9-29-12-5-3-11(4-6-12)14-7-15(17(24)26)18(27)25-16(14)20(21,22)23/h3-7,13H,8-10H2,1-2H3,(H2,24,26)(H,25,27)/t13-/m0/s1. The number of halogens is 3. The number of H-pyrrole nitrogens is 1. The molecular formula is C20H21F3N2O5. The summed E-state index contributed by atoms with van der Waals surface area (Å²) < 4.78 is 57.1. The van der Waals surface area contributed by atoms with Gasteiger partial charge in [0.05, 0.1) is 18.8 Å². The van der Waals surface area contributed by atoms with Gasteiger partial charge in [0.25, 0.3) is 11.5 Å². The smallest absolute Gasteiger partial charge is 0.431 e. The highest BCUT2D eigenvalue weighted by Gasteiger charge is 2.36. The fourth-order valence-electron chi connectivity index (χ4n) is 3.12. The third-order valence-corrected chi connectivity index (χ3v) is 4.43. The van der Waals surface area contributed by atoms with Gasteiger partial charge in [0.15, 0.2) is 0 Å². The van der Waals surface area contributed by atoms with Gasteiger partial charge in [-0.2, -0.15) is 13.2 Å². The van der Waals surface area contributed by atoms with E-state index in [1.54, 1.807) is 4.98 Å². The lowest BCUT2D eigenvalue weighted by Gasteiger charge is -2.35. The van der Waals surface area contributed by atoms with Crippen molar-refractivity contribution in [1.29, 1.82) is 0 Å². The first-order valence-electron chi connectivity index (χ1n) is 9.09. The van der Waals surface area contributed by atoms with E-state index in [-0.39, 0.29) is 23.8 Å². The van der Waals surface area contributed by atoms with Crippen LogP contribution in [0.1, 0.15) is 29.9 Å². The number of nitrogens with one attached hydrogen (secondary N) is 1. The van der Waals surface area contributed by atoms with Crippen molar-refractivity contribution >= 4 is 5.91 Å². The van der Waals surface area contributed by atoms with Gasteiger partial charge in [0, 0.05) is 5.56 Å². The minimum atomic E-state index is -4.83. The number of nitrogens with two attached hydrogens (primary N) is 1. The van der Waals surface area contributed by atoms with Gasteiger partial charge >= 0.3 is 6.18 Å². The van der Waals surface area contributed by atoms with Crippen LogP contribution >= 0.6 is 0 Å². The Labute approximate surface area is 169 Å². The van der Waals surface area contributed by atoms with Crippen LogP contribution in [-0.2, 0) is 15.7 Å². The van der Waals surface area contributed by atoms with Gasteiger partial charge in [-0.3, -0.25) is 9.59 Å². The normalized spacial score (nSPS) is 18.8. The molecule has 1 aromatic carbocycles. The fraction of sp³-hybridized carbons (Fsp3) is 0.400. The Hall–Kier alpha value is -2.85. The van der Waals surface area contributed by atoms with Crippen LogP contribution in [0.25, 0.3) is 11.1 Å². The molecule has 1 aliphatic heterocycles. The van der Waals surface area contributed by atoms with Crippen LogP contribution in [0.3, 0.4) is 0 Å². The number of amides is 1. The topological polar surface area (TPSA) is 104 Å². The molecule has 1 saturated heterocycles. The van der Waals surface area contributed by atoms with E-state index in [1.165, 1.54) is 24.3 Å². The molecule has 1 atom stereocenters. The van der Waals surface area contributed by atoms with Crippen molar-refractivity contribution in [3.05, 3.63) is 51.9 Å². The first-order chi connectivity index (χ1) is 14.0. The Morgan fingerprint density at radius 2 is 1.97 bits per heavy atom. The van der Waals surface area contributed by atoms with E-state index >= 15 is 0 Å². The third-order valence-electron chi connectivity index (χ3n) is 4.43. The summed E-state index contributed by atoms with van der Waals surface area (Å²) in [4.78, 5) is 24.8. The second-order valence-electron chi connectivity index (χ2n) is 7.51. The van der Waals surface area contributed by atoms with E-state index in [1.807, 2.05) is 13.8 Å². The number of pyridine rings is 1. The zero-order valence-electron chi connectivity index (χ0n) is 16.3. The molecule has 1 fully saturated rings. The quantitative estimate of drug-likeness (QED) is 0.765. The van der Waals surface area contributed by atoms with E-state index in [0.717, 1.165) is 6.07 Å². The number of primary amides is 1. The second-order valence-corrected chi connectivity index (χ2v) is 7.51. The molecule has 3 rings (SSSR count). The molecule has 2 heterocycles. The summed E-state index contributed by atoms with van der Waals surface area (Å²) in [5.41, 5.74) is 1.41. The van der Waals surface area contributed by atoms with E-state index in [0.29, 0.717) is 19.0 Å². The Morgan fingerprint density at radius 3 is 2.53 bits per heavy atom. The maximum Gasteiger partial charge on any atom is 0.431 e. The lowest BCUT2D eigenvalue weighted by atomic mass is 10.0. The molecule has 0 spiro atoms. The van der Waals surface area contributed by atoms with Crippen molar-refractivity contribution < 1.29 is 32.2 Å². The lowest BCUT2D eigenvalue weighted by molar-refractivity contribution is -0.189. The average Bonchev–Trinajstić information content (AvgIpc) is 2.65. The maximum absolute atomic E-state index is 13.4. The molecule has 30 heavy (non-hydrogen) atoms. The fourth-order valence-corrected chi connectivity index (χ4v) is 3.12. The van der Waals surface area contributed by atoms with Gasteiger partial charge in [0.2, 0.25) is 0 Å². The van der Waals surface area contributed by atoms with Crippen LogP contribution in [0.4, 0.5) is 13.2 Å². The van der Waals surface area contributed by atoms with Crippen LogP contribution in [0.2, 0.25) is 0 Å². The van der Waals surface area contributed by atoms with Crippen LogP contribution in [0, 0.1) is 0 Å². The molecule has 1 aliphatic rings. The molecule has 7 nitrogen and oxygen atoms in total. The first-order valence-corrected chi connectivity index (χ1v) is 9.09. The number of ether oxygens (including phenoxy) is 3. The Bertz CT molecular complexity index is 983. The summed E-state index contributed by atoms with van der Waals surface area (Å²) in [6, 6.07) is 6.60. The average molecular weight is 426 g/mol. The molecule has 1 aromatic heterocycles. The highest BCUT2D eigenvalue weighted by atomic mass is 19.4. The number of rotatable bonds is 5. The zero-order chi connectivity index (χ0) is 22.1. The molecule has 3 N–H and O–H groups in total. The monoisotopic (exact) mass is 426 g/mol. The van der Waals surface area contributed by atoms with Crippen LogP contribution in [0.5, 0.6) is 5.75 Å². The van der Waals surface area contributed by atoms with Gasteiger partial charge in [-0.15, -0.1) is 0 Å². The predicted molar refractivity (Wildman–Crippen MR) is 101 cm³/mol. The van der Waals surface area contributed by atoms with Crippen molar-refractivity contribution in [2.75, 3.05) is 19.8 Å². The molecular weight excluding hydrogens is 405 g/mol. The zero-order valence-corrected chi connectivity index (χ0v) is 16.3. The van der Waals surface area contributed by atoms with Crippen LogP contribution in [-0.4, -0.2) is 42.4 Å². The Balaban J connectivity index is 1.83. The minimum Gasteiger partial charge on any atom is -0.491 e. The number of aromatic nitrogens is 1. The van der Waals surface area contributed by atoms with Crippen LogP contribution < -0.4 is 16.0 Å². The van der Waals surface area contributed by atoms with Crippen LogP contribution in [0.15, 0.2) is 35.1 Å². The largest absolute Gasteiger partial charge is 0.491 e. The van der Waals surface area contributed by atoms with Gasteiger partial charge in [-0.25, -0.2) is 0 Å². The van der Waals surface area contributed by atoms with E-state index in [2.05, 4.69) is 0 Å². The second kappa shape index (κ2) is 8.11. The molecule has 10 heteroatoms. The molecule has 0 aliphatic carbocycles. The highest BCUT2D eigenvalue weighted by molar-refractivity contribution is 5.93. The van der Waals surface area contributed by atoms with Crippen molar-refractivity contribution in [2.45, 2.75) is 31.7 Å². The van der Waals surface area contributed by atoms with E-state index < -0.39 is 34.5 Å². The molecule has 0 unspecified atom stereocenters. The first kappa shape index (κ1) is 21.8. The number of hydrogen-bond acceptors (Lipinski definition) is 5. The molecule has 1 amide bonds. The Kier molecular flexibility index (Phi) is 5.91. The third kappa shape index (κ3) is 5.00. The van der Waals surface area contributed by atoms with Gasteiger partial charge in [-0.05, 0) is 37.6 Å². The van der Waals surface area contributed by atoms with Gasteiger partial charge in [-0.1, -0.05) is 12.1 Å². The lowest BCUT2D eigenvalue weighted by Crippen LogP contribution is -2.45. The predicted octanol–water partition coefficient (Wildman–Crippen LogP) is 2.73. The van der Waals surface area contributed by atoms with E-state index in [4.69, 9.17) is 19.9 Å². The number of benzene rings is 1. The summed E-state index contributed by atoms with van der Waals surface area (Å²) in [6.45, 7) is 4.87. The number of aromatic amines is 1.